The fourth-order valence-corrected chi connectivity index (χ4v) is 6.27. The van der Waals surface area contributed by atoms with Crippen LogP contribution < -0.4 is 0 Å². The Balaban J connectivity index is 1.32. The van der Waals surface area contributed by atoms with Crippen molar-refractivity contribution >= 4 is 44.7 Å². The van der Waals surface area contributed by atoms with Gasteiger partial charge in [-0.15, -0.1) is 0 Å². The number of nitrogens with zero attached hydrogens (tertiary/aromatic N) is 2. The van der Waals surface area contributed by atoms with Crippen LogP contribution in [0.5, 0.6) is 0 Å². The van der Waals surface area contributed by atoms with E-state index >= 15 is 0 Å². The summed E-state index contributed by atoms with van der Waals surface area (Å²) in [6, 6.07) is 1.68. The Morgan fingerprint density at radius 3 is 2.49 bits per heavy atom. The quantitative estimate of drug-likeness (QED) is 0.392. The highest BCUT2D eigenvalue weighted by Gasteiger charge is 2.63. The Morgan fingerprint density at radius 2 is 1.89 bits per heavy atom. The fraction of sp³-hybridized carbons (Fsp3) is 0.478. The molecule has 1 fully saturated rings. The monoisotopic (exact) mass is 582 g/mol. The Labute approximate surface area is 219 Å². The summed E-state index contributed by atoms with van der Waals surface area (Å²) in [6.45, 7) is 0.622. The van der Waals surface area contributed by atoms with Crippen molar-refractivity contribution in [2.24, 2.45) is 11.1 Å². The average Bonchev–Trinajstić information content (AvgIpc) is 3.37. The van der Waals surface area contributed by atoms with Gasteiger partial charge in [-0.05, 0) is 29.7 Å². The fourth-order valence-electron chi connectivity index (χ4n) is 5.15. The van der Waals surface area contributed by atoms with E-state index in [4.69, 9.17) is 32.8 Å². The van der Waals surface area contributed by atoms with Crippen molar-refractivity contribution in [2.45, 2.75) is 30.2 Å². The number of oxime groups is 1. The first-order valence-electron chi connectivity index (χ1n) is 11.1. The van der Waals surface area contributed by atoms with Gasteiger partial charge in [-0.25, -0.2) is 12.8 Å². The van der Waals surface area contributed by atoms with Gasteiger partial charge in [-0.2, -0.15) is 13.2 Å². The van der Waals surface area contributed by atoms with Crippen LogP contribution in [0.4, 0.5) is 17.6 Å². The summed E-state index contributed by atoms with van der Waals surface area (Å²) in [7, 11) is -3.46. The topological polar surface area (TPSA) is 85.3 Å². The number of ether oxygens (including phenoxy) is 1. The third-order valence-corrected chi connectivity index (χ3v) is 8.39. The number of rotatable bonds is 4. The van der Waals surface area contributed by atoms with E-state index in [1.165, 1.54) is 4.90 Å². The van der Waals surface area contributed by atoms with Crippen LogP contribution in [-0.4, -0.2) is 68.4 Å². The van der Waals surface area contributed by atoms with Gasteiger partial charge in [0.1, 0.15) is 11.4 Å². The lowest BCUT2D eigenvalue weighted by Crippen LogP contribution is -2.65. The van der Waals surface area contributed by atoms with E-state index in [0.29, 0.717) is 6.42 Å². The van der Waals surface area contributed by atoms with E-state index in [9.17, 15) is 30.8 Å². The van der Waals surface area contributed by atoms with Crippen molar-refractivity contribution in [1.82, 2.24) is 4.90 Å². The molecule has 0 radical (unpaired) electrons. The van der Waals surface area contributed by atoms with Gasteiger partial charge in [0.05, 0.1) is 35.5 Å². The molecule has 14 heteroatoms. The number of hydrogen-bond acceptors (Lipinski definition) is 6. The molecule has 1 amide bonds. The highest BCUT2D eigenvalue weighted by atomic mass is 35.5. The van der Waals surface area contributed by atoms with Crippen molar-refractivity contribution in [3.05, 3.63) is 56.9 Å². The summed E-state index contributed by atoms with van der Waals surface area (Å²) in [5, 5.41) is 2.66. The second kappa shape index (κ2) is 8.69. The molecule has 1 aromatic carbocycles. The maximum absolute atomic E-state index is 14.3. The van der Waals surface area contributed by atoms with Gasteiger partial charge in [0.2, 0.25) is 5.91 Å². The van der Waals surface area contributed by atoms with E-state index in [1.807, 2.05) is 0 Å². The number of likely N-dealkylation sites (tertiary alicyclic amines) is 1. The predicted molar refractivity (Wildman–Crippen MR) is 127 cm³/mol. The standard InChI is InChI=1S/C23H20Cl2F4N2O5S/c1-37(33,34)9-19(32)31-10-21(11-31)15-3-2-12(4-13(15)8-35-21)18-7-22(36-30-18,23(27,28)29)14-5-16(24)20(26)17(25)6-14/h2-3,5-6,12H,4,7-11H2,1H3/t12?,22-/m0/s1. The summed E-state index contributed by atoms with van der Waals surface area (Å²) in [5.74, 6) is -2.62. The van der Waals surface area contributed by atoms with Gasteiger partial charge < -0.3 is 14.5 Å². The minimum absolute atomic E-state index is 0.149. The molecule has 0 saturated carbocycles. The van der Waals surface area contributed by atoms with Crippen LogP contribution in [0.1, 0.15) is 18.4 Å². The third-order valence-electron chi connectivity index (χ3n) is 7.07. The molecule has 1 unspecified atom stereocenters. The van der Waals surface area contributed by atoms with Gasteiger partial charge in [0.25, 0.3) is 5.60 Å². The number of benzene rings is 1. The number of hydrogen-bond donors (Lipinski definition) is 0. The number of carbonyl (C=O) groups is 1. The second-order valence-corrected chi connectivity index (χ2v) is 12.7. The molecule has 1 aromatic rings. The molecule has 3 heterocycles. The first kappa shape index (κ1) is 26.5. The third kappa shape index (κ3) is 4.45. The Kier molecular flexibility index (Phi) is 6.21. The lowest BCUT2D eigenvalue weighted by molar-refractivity contribution is -0.275. The highest BCUT2D eigenvalue weighted by molar-refractivity contribution is 7.91. The van der Waals surface area contributed by atoms with Crippen LogP contribution in [0.25, 0.3) is 0 Å². The molecule has 37 heavy (non-hydrogen) atoms. The molecule has 7 nitrogen and oxygen atoms in total. The number of allylic oxidation sites excluding steroid dienone is 1. The molecule has 0 bridgehead atoms. The number of sulfone groups is 1. The molecular weight excluding hydrogens is 563 g/mol. The van der Waals surface area contributed by atoms with Crippen LogP contribution in [0.15, 0.2) is 40.6 Å². The van der Waals surface area contributed by atoms with Crippen molar-refractivity contribution in [3.8, 4) is 0 Å². The molecule has 1 aliphatic carbocycles. The number of amides is 1. The minimum Gasteiger partial charge on any atom is -0.374 e. The van der Waals surface area contributed by atoms with Gasteiger partial charge in [-0.3, -0.25) is 4.79 Å². The van der Waals surface area contributed by atoms with Gasteiger partial charge in [0, 0.05) is 24.2 Å². The zero-order chi connectivity index (χ0) is 27.0. The predicted octanol–water partition coefficient (Wildman–Crippen LogP) is 4.19. The van der Waals surface area contributed by atoms with Crippen molar-refractivity contribution in [3.63, 3.8) is 0 Å². The molecule has 1 saturated heterocycles. The number of fused-ring (bicyclic) bond motifs is 1. The average molecular weight is 583 g/mol. The van der Waals surface area contributed by atoms with E-state index in [-0.39, 0.29) is 25.4 Å². The van der Waals surface area contributed by atoms with Crippen molar-refractivity contribution in [1.29, 1.82) is 0 Å². The highest BCUT2D eigenvalue weighted by Crippen LogP contribution is 2.51. The molecule has 1 spiro atoms. The lowest BCUT2D eigenvalue weighted by Gasteiger charge is -2.48. The van der Waals surface area contributed by atoms with E-state index in [0.717, 1.165) is 29.5 Å². The largest absolute Gasteiger partial charge is 0.435 e. The normalized spacial score (nSPS) is 26.7. The lowest BCUT2D eigenvalue weighted by atomic mass is 9.77. The smallest absolute Gasteiger partial charge is 0.374 e. The van der Waals surface area contributed by atoms with Crippen LogP contribution in [0.3, 0.4) is 0 Å². The van der Waals surface area contributed by atoms with Crippen LogP contribution in [0.2, 0.25) is 10.0 Å². The Morgan fingerprint density at radius 1 is 1.24 bits per heavy atom. The summed E-state index contributed by atoms with van der Waals surface area (Å²) in [5.41, 5.74) is -2.22. The Bertz CT molecular complexity index is 1360. The molecule has 5 rings (SSSR count). The number of carbonyl (C=O) groups excluding carboxylic acids is 1. The van der Waals surface area contributed by atoms with Gasteiger partial charge >= 0.3 is 6.18 Å². The van der Waals surface area contributed by atoms with E-state index < -0.39 is 72.6 Å². The van der Waals surface area contributed by atoms with Crippen molar-refractivity contribution in [2.75, 3.05) is 31.7 Å². The molecule has 2 atom stereocenters. The first-order valence-corrected chi connectivity index (χ1v) is 13.9. The molecular formula is C23H20Cl2F4N2O5S. The maximum atomic E-state index is 14.3. The van der Waals surface area contributed by atoms with E-state index in [2.05, 4.69) is 5.16 Å². The summed E-state index contributed by atoms with van der Waals surface area (Å²) >= 11 is 11.5. The van der Waals surface area contributed by atoms with Crippen LogP contribution >= 0.6 is 23.2 Å². The number of halogens is 6. The minimum atomic E-state index is -4.90. The zero-order valence-electron chi connectivity index (χ0n) is 19.2. The Hall–Kier alpha value is -2.15. The van der Waals surface area contributed by atoms with Gasteiger partial charge in [-0.1, -0.05) is 40.5 Å². The SMILES string of the molecule is CS(=O)(=O)CC(=O)N1CC2(C1)OCC1=C2C=CC(C2=NO[C@@](c3cc(Cl)c(F)c(Cl)c3)(C(F)(F)F)C2)C1. The summed E-state index contributed by atoms with van der Waals surface area (Å²) in [4.78, 5) is 18.6. The van der Waals surface area contributed by atoms with Crippen LogP contribution in [-0.2, 0) is 29.8 Å². The summed E-state index contributed by atoms with van der Waals surface area (Å²) in [6.07, 6.45) is -0.733. The number of alkyl halides is 3. The van der Waals surface area contributed by atoms with Crippen LogP contribution in [0, 0.1) is 11.7 Å². The molecule has 0 N–H and O–H groups in total. The molecule has 4 aliphatic rings. The second-order valence-electron chi connectivity index (χ2n) is 9.72. The first-order chi connectivity index (χ1) is 17.1. The van der Waals surface area contributed by atoms with Gasteiger partial charge in [0.15, 0.2) is 15.7 Å². The molecule has 0 aromatic heterocycles. The molecule has 200 valence electrons. The maximum Gasteiger partial charge on any atom is 0.435 e. The van der Waals surface area contributed by atoms with E-state index in [1.54, 1.807) is 12.2 Å². The zero-order valence-corrected chi connectivity index (χ0v) is 21.6. The summed E-state index contributed by atoms with van der Waals surface area (Å²) < 4.78 is 85.5. The van der Waals surface area contributed by atoms with Crippen molar-refractivity contribution < 1.29 is 40.3 Å². The molecule has 3 aliphatic heterocycles.